The molecule has 0 saturated carbocycles. The van der Waals surface area contributed by atoms with Gasteiger partial charge in [0.1, 0.15) is 18.0 Å². The first-order valence-electron chi connectivity index (χ1n) is 13.2. The van der Waals surface area contributed by atoms with Gasteiger partial charge < -0.3 is 25.8 Å². The Balaban J connectivity index is 1.55. The maximum Gasteiger partial charge on any atom is 0.416 e. The Morgan fingerprint density at radius 2 is 1.80 bits per heavy atom. The number of aryl methyl sites for hydroxylation is 1. The zero-order chi connectivity index (χ0) is 29.0. The molecule has 0 radical (unpaired) electrons. The third-order valence-electron chi connectivity index (χ3n) is 7.24. The molecule has 2 fully saturated rings. The topological polar surface area (TPSA) is 99.0 Å². The fraction of sp³-hybridized carbons (Fsp3) is 0.464. The number of hydrogen-bond acceptors (Lipinski definition) is 4. The van der Waals surface area contributed by atoms with E-state index >= 15 is 0 Å². The lowest BCUT2D eigenvalue weighted by molar-refractivity contribution is -0.167. The Bertz CT molecular complexity index is 1240. The maximum atomic E-state index is 13.5. The largest absolute Gasteiger partial charge is 0.416 e. The maximum absolute atomic E-state index is 13.5. The van der Waals surface area contributed by atoms with Gasteiger partial charge in [-0.2, -0.15) is 13.2 Å². The molecule has 2 saturated heterocycles. The highest BCUT2D eigenvalue weighted by Crippen LogP contribution is 2.31. The quantitative estimate of drug-likeness (QED) is 0.378. The Kier molecular flexibility index (Phi) is 8.97. The summed E-state index contributed by atoms with van der Waals surface area (Å²) >= 11 is 0. The SMILES string of the molecule is Cc1cc(CNC(=O)N2CCC(=O)N3[C@@H]2CN(Cc2ccc(F)cc2)C(=O)[C@@H]3CCCCN)cc(C(F)(F)F)c1. The highest BCUT2D eigenvalue weighted by Gasteiger charge is 2.48. The normalized spacial score (nSPS) is 19.6. The van der Waals surface area contributed by atoms with Crippen molar-refractivity contribution in [3.63, 3.8) is 0 Å². The van der Waals surface area contributed by atoms with Crippen molar-refractivity contribution in [3.8, 4) is 0 Å². The molecular formula is C28H33F4N5O3. The molecule has 0 bridgehead atoms. The number of nitrogens with one attached hydrogen (secondary N) is 1. The van der Waals surface area contributed by atoms with Gasteiger partial charge in [-0.1, -0.05) is 23.8 Å². The second-order valence-corrected chi connectivity index (χ2v) is 10.2. The number of alkyl halides is 3. The summed E-state index contributed by atoms with van der Waals surface area (Å²) < 4.78 is 53.2. The number of piperazine rings is 1. The lowest BCUT2D eigenvalue weighted by atomic mass is 9.98. The first kappa shape index (κ1) is 29.3. The molecule has 0 aromatic heterocycles. The molecule has 216 valence electrons. The molecule has 0 unspecified atom stereocenters. The number of carbonyl (C=O) groups is 3. The molecule has 3 N–H and O–H groups in total. The molecule has 0 aliphatic carbocycles. The molecule has 2 aliphatic rings. The predicted octanol–water partition coefficient (Wildman–Crippen LogP) is 3.76. The van der Waals surface area contributed by atoms with E-state index in [1.165, 1.54) is 21.9 Å². The van der Waals surface area contributed by atoms with Crippen LogP contribution in [0.3, 0.4) is 0 Å². The van der Waals surface area contributed by atoms with Crippen LogP contribution in [0.4, 0.5) is 22.4 Å². The van der Waals surface area contributed by atoms with Crippen LogP contribution < -0.4 is 11.1 Å². The highest BCUT2D eigenvalue weighted by molar-refractivity contribution is 5.91. The van der Waals surface area contributed by atoms with E-state index in [0.717, 1.165) is 12.1 Å². The molecule has 2 atom stereocenters. The molecule has 2 aromatic carbocycles. The molecule has 40 heavy (non-hydrogen) atoms. The van der Waals surface area contributed by atoms with Crippen LogP contribution in [-0.2, 0) is 28.9 Å². The number of rotatable bonds is 8. The number of hydrogen-bond donors (Lipinski definition) is 2. The van der Waals surface area contributed by atoms with Crippen molar-refractivity contribution in [3.05, 3.63) is 70.5 Å². The number of urea groups is 1. The molecule has 2 aromatic rings. The third-order valence-corrected chi connectivity index (χ3v) is 7.24. The van der Waals surface area contributed by atoms with Crippen molar-refractivity contribution in [2.24, 2.45) is 5.73 Å². The monoisotopic (exact) mass is 563 g/mol. The van der Waals surface area contributed by atoms with Crippen molar-refractivity contribution in [1.82, 2.24) is 20.0 Å². The molecule has 4 amide bonds. The minimum absolute atomic E-state index is 0.0191. The standard InChI is InChI=1S/C28H33F4N5O3/c1-18-12-20(14-21(13-18)28(30,31)32)15-34-27(40)36-11-9-25(38)37-23(4-2-3-10-33)26(39)35(17-24(36)37)16-19-5-7-22(29)8-6-19/h5-8,12-14,23-24H,2-4,9-11,15-17,33H2,1H3,(H,34,40)/t23-,24+/m0/s1. The summed E-state index contributed by atoms with van der Waals surface area (Å²) in [6.45, 7) is 2.16. The summed E-state index contributed by atoms with van der Waals surface area (Å²) in [5.74, 6) is -0.904. The Morgan fingerprint density at radius 3 is 2.48 bits per heavy atom. The zero-order valence-corrected chi connectivity index (χ0v) is 22.2. The Labute approximate surface area is 230 Å². The van der Waals surface area contributed by atoms with Crippen molar-refractivity contribution in [2.45, 2.75) is 64.1 Å². The van der Waals surface area contributed by atoms with Gasteiger partial charge in [0, 0.05) is 26.1 Å². The van der Waals surface area contributed by atoms with E-state index in [1.807, 2.05) is 0 Å². The minimum atomic E-state index is -4.51. The lowest BCUT2D eigenvalue weighted by Crippen LogP contribution is -2.71. The van der Waals surface area contributed by atoms with Gasteiger partial charge in [0.15, 0.2) is 0 Å². The molecular weight excluding hydrogens is 530 g/mol. The van der Waals surface area contributed by atoms with E-state index in [-0.39, 0.29) is 44.4 Å². The van der Waals surface area contributed by atoms with Crippen LogP contribution >= 0.6 is 0 Å². The fourth-order valence-electron chi connectivity index (χ4n) is 5.34. The van der Waals surface area contributed by atoms with Crippen molar-refractivity contribution < 1.29 is 31.9 Å². The van der Waals surface area contributed by atoms with Crippen LogP contribution in [0.1, 0.15) is 47.9 Å². The average Bonchev–Trinajstić information content (AvgIpc) is 2.90. The van der Waals surface area contributed by atoms with E-state index in [1.54, 1.807) is 30.0 Å². The number of nitrogens with zero attached hydrogens (tertiary/aromatic N) is 3. The number of amides is 4. The highest BCUT2D eigenvalue weighted by atomic mass is 19.4. The van der Waals surface area contributed by atoms with Gasteiger partial charge >= 0.3 is 12.2 Å². The van der Waals surface area contributed by atoms with Gasteiger partial charge in [0.05, 0.1) is 12.1 Å². The summed E-state index contributed by atoms with van der Waals surface area (Å²) in [7, 11) is 0. The number of unbranched alkanes of at least 4 members (excludes halogenated alkanes) is 1. The second-order valence-electron chi connectivity index (χ2n) is 10.2. The van der Waals surface area contributed by atoms with Crippen LogP contribution in [0.2, 0.25) is 0 Å². The van der Waals surface area contributed by atoms with Crippen molar-refractivity contribution >= 4 is 17.8 Å². The minimum Gasteiger partial charge on any atom is -0.334 e. The first-order chi connectivity index (χ1) is 19.0. The molecule has 2 heterocycles. The molecule has 0 spiro atoms. The molecule has 4 rings (SSSR count). The second kappa shape index (κ2) is 12.2. The van der Waals surface area contributed by atoms with E-state index in [0.29, 0.717) is 42.5 Å². The smallest absolute Gasteiger partial charge is 0.334 e. The van der Waals surface area contributed by atoms with Gasteiger partial charge in [-0.05, 0) is 68.1 Å². The summed E-state index contributed by atoms with van der Waals surface area (Å²) in [5, 5.41) is 2.69. The van der Waals surface area contributed by atoms with Crippen LogP contribution in [0.25, 0.3) is 0 Å². The fourth-order valence-corrected chi connectivity index (χ4v) is 5.34. The summed E-state index contributed by atoms with van der Waals surface area (Å²) in [6.07, 6.45) is -3.61. The van der Waals surface area contributed by atoms with Gasteiger partial charge in [-0.25, -0.2) is 9.18 Å². The van der Waals surface area contributed by atoms with Gasteiger partial charge in [0.2, 0.25) is 11.8 Å². The number of carbonyl (C=O) groups excluding carboxylic acids is 3. The van der Waals surface area contributed by atoms with E-state index in [4.69, 9.17) is 5.73 Å². The predicted molar refractivity (Wildman–Crippen MR) is 139 cm³/mol. The van der Waals surface area contributed by atoms with Crippen LogP contribution in [0.5, 0.6) is 0 Å². The third kappa shape index (κ3) is 6.72. The number of benzene rings is 2. The van der Waals surface area contributed by atoms with Crippen molar-refractivity contribution in [2.75, 3.05) is 19.6 Å². The zero-order valence-electron chi connectivity index (χ0n) is 22.2. The van der Waals surface area contributed by atoms with E-state index in [9.17, 15) is 31.9 Å². The Morgan fingerprint density at radius 1 is 1.07 bits per heavy atom. The summed E-state index contributed by atoms with van der Waals surface area (Å²) in [5.41, 5.74) is 6.24. The van der Waals surface area contributed by atoms with E-state index < -0.39 is 35.8 Å². The number of halogens is 4. The van der Waals surface area contributed by atoms with Crippen molar-refractivity contribution in [1.29, 1.82) is 0 Å². The number of fused-ring (bicyclic) bond motifs is 1. The van der Waals surface area contributed by atoms with E-state index in [2.05, 4.69) is 5.32 Å². The van der Waals surface area contributed by atoms with Crippen LogP contribution in [0, 0.1) is 12.7 Å². The van der Waals surface area contributed by atoms with Gasteiger partial charge in [-0.3, -0.25) is 9.59 Å². The average molecular weight is 564 g/mol. The summed E-state index contributed by atoms with van der Waals surface area (Å²) in [4.78, 5) is 44.4. The van der Waals surface area contributed by atoms with Gasteiger partial charge in [0.25, 0.3) is 0 Å². The van der Waals surface area contributed by atoms with Crippen LogP contribution in [0.15, 0.2) is 42.5 Å². The summed E-state index contributed by atoms with van der Waals surface area (Å²) in [6, 6.07) is 8.02. The van der Waals surface area contributed by atoms with Crippen LogP contribution in [-0.4, -0.2) is 64.4 Å². The van der Waals surface area contributed by atoms with Gasteiger partial charge in [-0.15, -0.1) is 0 Å². The number of nitrogens with two attached hydrogens (primary N) is 1. The Hall–Kier alpha value is -3.67. The lowest BCUT2D eigenvalue weighted by Gasteiger charge is -2.52. The first-order valence-corrected chi connectivity index (χ1v) is 13.2. The molecule has 12 heteroatoms. The molecule has 2 aliphatic heterocycles. The molecule has 8 nitrogen and oxygen atoms in total.